The van der Waals surface area contributed by atoms with Crippen molar-refractivity contribution in [3.8, 4) is 0 Å². The second-order valence-electron chi connectivity index (χ2n) is 15.3. The molecule has 1 unspecified atom stereocenters. The molecule has 42 heavy (non-hydrogen) atoms. The summed E-state index contributed by atoms with van der Waals surface area (Å²) in [7, 11) is 2.26. The molecule has 0 bridgehead atoms. The highest BCUT2D eigenvalue weighted by atomic mass is 16.7. The van der Waals surface area contributed by atoms with Crippen molar-refractivity contribution in [2.24, 2.45) is 23.2 Å². The highest BCUT2D eigenvalue weighted by molar-refractivity contribution is 5.24. The molecule has 0 aliphatic heterocycles. The van der Waals surface area contributed by atoms with Gasteiger partial charge in [-0.3, -0.25) is 4.98 Å². The van der Waals surface area contributed by atoms with Gasteiger partial charge in [-0.25, -0.2) is 0 Å². The van der Waals surface area contributed by atoms with Gasteiger partial charge in [0.1, 0.15) is 13.7 Å². The number of pyridine rings is 1. The molecule has 0 radical (unpaired) electrons. The lowest BCUT2D eigenvalue weighted by Gasteiger charge is -2.28. The van der Waals surface area contributed by atoms with Gasteiger partial charge in [-0.15, -0.1) is 0 Å². The van der Waals surface area contributed by atoms with Gasteiger partial charge < -0.3 is 4.37 Å². The molecule has 1 heterocycles. The zero-order valence-corrected chi connectivity index (χ0v) is 27.2. The fraction of sp³-hybridized carbons (Fsp3) is 0.575. The van der Waals surface area contributed by atoms with Crippen LogP contribution in [0.25, 0.3) is 0 Å². The summed E-state index contributed by atoms with van der Waals surface area (Å²) in [5, 5.41) is 0. The smallest absolute Gasteiger partial charge is 0.166 e. The Hall–Kier alpha value is -2.45. The number of hydrogen-bond donors (Lipinski definition) is 0. The van der Waals surface area contributed by atoms with E-state index in [0.717, 1.165) is 44.1 Å². The number of benzene rings is 2. The third kappa shape index (κ3) is 9.27. The first-order valence-corrected chi connectivity index (χ1v) is 16.8. The second-order valence-corrected chi connectivity index (χ2v) is 15.3. The average molecular weight is 567 g/mol. The Morgan fingerprint density at radius 2 is 1.40 bits per heavy atom. The number of hydrogen-bond acceptors (Lipinski definition) is 1. The molecule has 226 valence electrons. The largest absolute Gasteiger partial charge is 0.419 e. The van der Waals surface area contributed by atoms with Crippen molar-refractivity contribution in [2.75, 3.05) is 13.7 Å². The molecule has 5 rings (SSSR count). The predicted molar refractivity (Wildman–Crippen MR) is 178 cm³/mol. The minimum atomic E-state index is 0.343. The van der Waals surface area contributed by atoms with Crippen LogP contribution < -0.4 is 0 Å². The van der Waals surface area contributed by atoms with E-state index >= 15 is 0 Å². The second kappa shape index (κ2) is 13.9. The summed E-state index contributed by atoms with van der Waals surface area (Å²) in [4.78, 5) is 4.94. The summed E-state index contributed by atoms with van der Waals surface area (Å²) in [6.45, 7) is 10.5. The number of rotatable bonds is 13. The maximum Gasteiger partial charge on any atom is 0.166 e. The molecule has 0 spiro atoms. The van der Waals surface area contributed by atoms with Crippen LogP contribution in [0.3, 0.4) is 0 Å². The van der Waals surface area contributed by atoms with Gasteiger partial charge in [-0.2, -0.15) is 0 Å². The number of nitrogens with zero attached hydrogens (tertiary/aromatic N) is 1. The van der Waals surface area contributed by atoms with E-state index in [4.69, 9.17) is 4.98 Å². The van der Waals surface area contributed by atoms with Gasteiger partial charge in [0.2, 0.25) is 0 Å². The molecular weight excluding hydrogens is 510 g/mol. The maximum absolute atomic E-state index is 4.94. The van der Waals surface area contributed by atoms with Crippen molar-refractivity contribution in [3.63, 3.8) is 0 Å². The molecule has 2 aliphatic rings. The average Bonchev–Trinajstić information content (AvgIpc) is 3.75. The highest BCUT2D eigenvalue weighted by Gasteiger charge is 2.53. The van der Waals surface area contributed by atoms with E-state index < -0.39 is 0 Å². The molecule has 2 aliphatic carbocycles. The van der Waals surface area contributed by atoms with Gasteiger partial charge in [0.05, 0.1) is 0 Å². The molecule has 1 atom stereocenters. The van der Waals surface area contributed by atoms with Crippen LogP contribution in [0.5, 0.6) is 0 Å². The Kier molecular flexibility index (Phi) is 10.3. The van der Waals surface area contributed by atoms with Crippen molar-refractivity contribution in [1.82, 2.24) is 4.98 Å². The van der Waals surface area contributed by atoms with E-state index in [1.54, 1.807) is 0 Å². The first-order valence-electron chi connectivity index (χ1n) is 16.8. The molecule has 2 fully saturated rings. The van der Waals surface area contributed by atoms with Gasteiger partial charge >= 0.3 is 0 Å². The molecular formula is C40H56NO+. The maximum atomic E-state index is 4.94. The fourth-order valence-electron chi connectivity index (χ4n) is 7.45. The summed E-state index contributed by atoms with van der Waals surface area (Å²) in [6.07, 6.45) is 17.3. The summed E-state index contributed by atoms with van der Waals surface area (Å²) >= 11 is 0. The summed E-state index contributed by atoms with van der Waals surface area (Å²) in [5.74, 6) is 2.31. The predicted octanol–water partition coefficient (Wildman–Crippen LogP) is 9.79. The van der Waals surface area contributed by atoms with Crippen molar-refractivity contribution >= 4 is 0 Å². The Balaban J connectivity index is 1.01. The van der Waals surface area contributed by atoms with Crippen LogP contribution in [-0.4, -0.2) is 24.3 Å². The first kappa shape index (κ1) is 31.0. The Labute approximate surface area is 257 Å². The molecule has 0 amide bonds. The van der Waals surface area contributed by atoms with Crippen molar-refractivity contribution in [3.05, 3.63) is 101 Å². The lowest BCUT2D eigenvalue weighted by molar-refractivity contribution is -0.180. The van der Waals surface area contributed by atoms with E-state index in [2.05, 4.69) is 112 Å². The monoisotopic (exact) mass is 566 g/mol. The summed E-state index contributed by atoms with van der Waals surface area (Å²) in [6, 6.07) is 25.0. The van der Waals surface area contributed by atoms with Crippen molar-refractivity contribution < 1.29 is 4.37 Å². The minimum Gasteiger partial charge on any atom is -0.419 e. The van der Waals surface area contributed by atoms with Crippen LogP contribution in [0.15, 0.2) is 72.9 Å². The molecule has 2 saturated carbocycles. The lowest BCUT2D eigenvalue weighted by atomic mass is 9.77. The van der Waals surface area contributed by atoms with Crippen molar-refractivity contribution in [2.45, 2.75) is 110 Å². The molecule has 1 aromatic heterocycles. The van der Waals surface area contributed by atoms with Gasteiger partial charge in [-0.1, -0.05) is 88.4 Å². The highest BCUT2D eigenvalue weighted by Crippen LogP contribution is 2.48. The van der Waals surface area contributed by atoms with E-state index in [9.17, 15) is 0 Å². The standard InChI is InChI=1S/C40H56NO/c1-31(28-40(22-23-40)42(5)24-21-32-9-7-6-8-10-32)25-37-19-20-38(41-30-37)27-35-13-11-33(12-14-35)26-34-15-17-36(18-16-34)29-39(2,3)4/h6-10,15-20,30-31,33,35H,11-14,21-29H2,1-5H3/q+1. The van der Waals surface area contributed by atoms with Crippen molar-refractivity contribution in [1.29, 1.82) is 0 Å². The van der Waals surface area contributed by atoms with E-state index in [1.807, 2.05) is 0 Å². The Bertz CT molecular complexity index is 1210. The molecule has 0 saturated heterocycles. The van der Waals surface area contributed by atoms with E-state index in [-0.39, 0.29) is 0 Å². The normalized spacial score (nSPS) is 20.9. The molecule has 2 aromatic carbocycles. The van der Waals surface area contributed by atoms with E-state index in [0.29, 0.717) is 16.9 Å². The van der Waals surface area contributed by atoms with E-state index in [1.165, 1.54) is 79.3 Å². The molecule has 2 heteroatoms. The van der Waals surface area contributed by atoms with Crippen LogP contribution in [0.4, 0.5) is 0 Å². The molecule has 0 N–H and O–H groups in total. The third-order valence-electron chi connectivity index (χ3n) is 10.0. The quantitative estimate of drug-likeness (QED) is 0.188. The lowest BCUT2D eigenvalue weighted by Crippen LogP contribution is -2.30. The number of aromatic nitrogens is 1. The van der Waals surface area contributed by atoms with Crippen LogP contribution in [0.2, 0.25) is 0 Å². The van der Waals surface area contributed by atoms with Crippen LogP contribution >= 0.6 is 0 Å². The molecule has 2 nitrogen and oxygen atoms in total. The van der Waals surface area contributed by atoms with Gasteiger partial charge in [-0.05, 0) is 103 Å². The van der Waals surface area contributed by atoms with Gasteiger partial charge in [0.25, 0.3) is 0 Å². The zero-order valence-electron chi connectivity index (χ0n) is 27.2. The summed E-state index contributed by atoms with van der Waals surface area (Å²) in [5.41, 5.74) is 7.80. The zero-order chi connectivity index (χ0) is 29.6. The topological polar surface area (TPSA) is 15.6 Å². The van der Waals surface area contributed by atoms with Gasteiger partial charge in [0, 0.05) is 37.6 Å². The SMILES string of the molecule is CC(Cc1ccc(CC2CCC(Cc3ccc(CC(C)(C)C)cc3)CC2)nc1)CC1([O+](C)CCc2ccccc2)CC1. The van der Waals surface area contributed by atoms with Crippen LogP contribution in [-0.2, 0) is 36.5 Å². The Morgan fingerprint density at radius 1 is 0.786 bits per heavy atom. The Morgan fingerprint density at radius 3 is 2.00 bits per heavy atom. The van der Waals surface area contributed by atoms with Gasteiger partial charge in [0.15, 0.2) is 5.60 Å². The van der Waals surface area contributed by atoms with Crippen LogP contribution in [0.1, 0.15) is 101 Å². The van der Waals surface area contributed by atoms with Crippen LogP contribution in [0, 0.1) is 23.2 Å². The summed E-state index contributed by atoms with van der Waals surface area (Å²) < 4.78 is 3.57. The molecule has 3 aromatic rings. The first-order chi connectivity index (χ1) is 20.2. The minimum absolute atomic E-state index is 0.343. The fourth-order valence-corrected chi connectivity index (χ4v) is 7.45. The third-order valence-corrected chi connectivity index (χ3v) is 10.0.